The highest BCUT2D eigenvalue weighted by atomic mass is 35.5. The molecular formula is C12H15ClN4. The van der Waals surface area contributed by atoms with Gasteiger partial charge >= 0.3 is 0 Å². The van der Waals surface area contributed by atoms with Crippen LogP contribution in [0.3, 0.4) is 0 Å². The molecular weight excluding hydrogens is 236 g/mol. The summed E-state index contributed by atoms with van der Waals surface area (Å²) < 4.78 is 0. The highest BCUT2D eigenvalue weighted by Crippen LogP contribution is 2.13. The molecule has 0 amide bonds. The third-order valence-corrected chi connectivity index (χ3v) is 2.85. The maximum absolute atomic E-state index is 5.75. The Labute approximate surface area is 105 Å². The van der Waals surface area contributed by atoms with Gasteiger partial charge in [0.15, 0.2) is 5.65 Å². The first-order valence-corrected chi connectivity index (χ1v) is 6.27. The first-order valence-electron chi connectivity index (χ1n) is 5.73. The van der Waals surface area contributed by atoms with Crippen molar-refractivity contribution in [2.45, 2.75) is 25.8 Å². The lowest BCUT2D eigenvalue weighted by atomic mass is 10.2. The molecule has 0 radical (unpaired) electrons. The molecule has 0 bridgehead atoms. The Morgan fingerprint density at radius 1 is 1.29 bits per heavy atom. The normalized spacial score (nSPS) is 12.6. The van der Waals surface area contributed by atoms with Gasteiger partial charge in [0.2, 0.25) is 0 Å². The maximum Gasteiger partial charge on any atom is 0.180 e. The van der Waals surface area contributed by atoms with E-state index in [9.17, 15) is 0 Å². The largest absolute Gasteiger partial charge is 0.367 e. The summed E-state index contributed by atoms with van der Waals surface area (Å²) in [7, 11) is 0. The van der Waals surface area contributed by atoms with E-state index in [1.165, 1.54) is 0 Å². The Hall–Kier alpha value is -1.42. The second-order valence-electron chi connectivity index (χ2n) is 3.82. The van der Waals surface area contributed by atoms with Crippen molar-refractivity contribution in [2.75, 3.05) is 11.2 Å². The second-order valence-corrected chi connectivity index (χ2v) is 4.20. The summed E-state index contributed by atoms with van der Waals surface area (Å²) in [6, 6.07) is 4.20. The van der Waals surface area contributed by atoms with E-state index in [2.05, 4.69) is 27.2 Å². The second kappa shape index (κ2) is 5.77. The summed E-state index contributed by atoms with van der Waals surface area (Å²) in [4.78, 5) is 12.8. The Kier molecular flexibility index (Phi) is 4.09. The van der Waals surface area contributed by atoms with Gasteiger partial charge in [-0.3, -0.25) is 4.98 Å². The van der Waals surface area contributed by atoms with Crippen LogP contribution in [0.5, 0.6) is 0 Å². The van der Waals surface area contributed by atoms with Crippen molar-refractivity contribution in [3.05, 3.63) is 24.5 Å². The van der Waals surface area contributed by atoms with E-state index >= 15 is 0 Å². The zero-order valence-electron chi connectivity index (χ0n) is 9.73. The molecule has 1 unspecified atom stereocenters. The van der Waals surface area contributed by atoms with E-state index in [0.29, 0.717) is 17.6 Å². The highest BCUT2D eigenvalue weighted by molar-refractivity contribution is 6.17. The summed E-state index contributed by atoms with van der Waals surface area (Å²) >= 11 is 5.75. The number of rotatable bonds is 5. The highest BCUT2D eigenvalue weighted by Gasteiger charge is 2.06. The van der Waals surface area contributed by atoms with Gasteiger partial charge in [-0.1, -0.05) is 6.92 Å². The van der Waals surface area contributed by atoms with Crippen LogP contribution in [0.1, 0.15) is 19.8 Å². The Morgan fingerprint density at radius 3 is 2.88 bits per heavy atom. The number of hydrogen-bond acceptors (Lipinski definition) is 4. The van der Waals surface area contributed by atoms with Crippen molar-refractivity contribution in [1.82, 2.24) is 15.0 Å². The van der Waals surface area contributed by atoms with Crippen molar-refractivity contribution >= 4 is 28.6 Å². The summed E-state index contributed by atoms with van der Waals surface area (Å²) in [5.41, 5.74) is 1.47. The molecule has 0 aliphatic rings. The monoisotopic (exact) mass is 250 g/mol. The Balaban J connectivity index is 2.18. The third kappa shape index (κ3) is 3.03. The smallest absolute Gasteiger partial charge is 0.180 e. The van der Waals surface area contributed by atoms with Crippen LogP contribution >= 0.6 is 11.6 Å². The molecule has 2 aromatic heterocycles. The fourth-order valence-electron chi connectivity index (χ4n) is 1.65. The van der Waals surface area contributed by atoms with Gasteiger partial charge in [-0.2, -0.15) is 0 Å². The number of nitrogens with zero attached hydrogens (tertiary/aromatic N) is 3. The van der Waals surface area contributed by atoms with E-state index in [-0.39, 0.29) is 0 Å². The number of pyridine rings is 1. The number of aromatic nitrogens is 3. The van der Waals surface area contributed by atoms with E-state index < -0.39 is 0 Å². The number of halogens is 1. The van der Waals surface area contributed by atoms with Crippen molar-refractivity contribution in [3.63, 3.8) is 0 Å². The predicted octanol–water partition coefficient (Wildman–Crippen LogP) is 2.84. The molecule has 1 N–H and O–H groups in total. The standard InChI is InChI=1S/C12H15ClN4/c1-2-9(5-6-13)16-11-4-3-10-12(17-11)15-8-7-14-10/h3-4,7-9H,2,5-6H2,1H3,(H,15,16,17). The molecule has 17 heavy (non-hydrogen) atoms. The maximum atomic E-state index is 5.75. The van der Waals surface area contributed by atoms with E-state index in [1.807, 2.05) is 12.1 Å². The molecule has 1 atom stereocenters. The van der Waals surface area contributed by atoms with Crippen LogP contribution in [0.4, 0.5) is 5.82 Å². The minimum Gasteiger partial charge on any atom is -0.367 e. The van der Waals surface area contributed by atoms with Gasteiger partial charge in [0, 0.05) is 24.3 Å². The summed E-state index contributed by atoms with van der Waals surface area (Å²) in [6.45, 7) is 2.13. The molecule has 0 aliphatic carbocycles. The molecule has 0 fully saturated rings. The molecule has 2 rings (SSSR count). The quantitative estimate of drug-likeness (QED) is 0.829. The number of hydrogen-bond donors (Lipinski definition) is 1. The average Bonchev–Trinajstić information content (AvgIpc) is 2.38. The SMILES string of the molecule is CCC(CCCl)Nc1ccc2nccnc2n1. The summed E-state index contributed by atoms with van der Waals surface area (Å²) in [6.07, 6.45) is 5.26. The van der Waals surface area contributed by atoms with Crippen LogP contribution in [-0.2, 0) is 0 Å². The Bertz CT molecular complexity index is 489. The van der Waals surface area contributed by atoms with Crippen molar-refractivity contribution < 1.29 is 0 Å². The molecule has 90 valence electrons. The van der Waals surface area contributed by atoms with Crippen LogP contribution in [0.25, 0.3) is 11.2 Å². The van der Waals surface area contributed by atoms with Crippen LogP contribution in [0.2, 0.25) is 0 Å². The lowest BCUT2D eigenvalue weighted by Crippen LogP contribution is -2.19. The topological polar surface area (TPSA) is 50.7 Å². The lowest BCUT2D eigenvalue weighted by molar-refractivity contribution is 0.672. The van der Waals surface area contributed by atoms with Crippen LogP contribution in [-0.4, -0.2) is 26.9 Å². The van der Waals surface area contributed by atoms with Gasteiger partial charge < -0.3 is 5.32 Å². The molecule has 0 spiro atoms. The molecule has 5 heteroatoms. The van der Waals surface area contributed by atoms with Gasteiger partial charge in [0.25, 0.3) is 0 Å². The van der Waals surface area contributed by atoms with Crippen molar-refractivity contribution in [3.8, 4) is 0 Å². The zero-order valence-corrected chi connectivity index (χ0v) is 10.5. The lowest BCUT2D eigenvalue weighted by Gasteiger charge is -2.16. The van der Waals surface area contributed by atoms with Crippen LogP contribution in [0, 0.1) is 0 Å². The van der Waals surface area contributed by atoms with Gasteiger partial charge in [0.1, 0.15) is 11.3 Å². The molecule has 0 saturated heterocycles. The Morgan fingerprint density at radius 2 is 2.12 bits per heavy atom. The minimum atomic E-state index is 0.356. The van der Waals surface area contributed by atoms with Crippen LogP contribution in [0.15, 0.2) is 24.5 Å². The van der Waals surface area contributed by atoms with Gasteiger partial charge in [-0.15, -0.1) is 11.6 Å². The first kappa shape index (κ1) is 12.0. The summed E-state index contributed by atoms with van der Waals surface area (Å²) in [5, 5.41) is 3.36. The average molecular weight is 251 g/mol. The zero-order chi connectivity index (χ0) is 12.1. The van der Waals surface area contributed by atoms with E-state index in [0.717, 1.165) is 24.2 Å². The number of alkyl halides is 1. The van der Waals surface area contributed by atoms with Crippen LogP contribution < -0.4 is 5.32 Å². The number of fused-ring (bicyclic) bond motifs is 1. The summed E-state index contributed by atoms with van der Waals surface area (Å²) in [5.74, 6) is 1.48. The fourth-order valence-corrected chi connectivity index (χ4v) is 1.92. The first-order chi connectivity index (χ1) is 8.33. The van der Waals surface area contributed by atoms with Gasteiger partial charge in [-0.25, -0.2) is 9.97 Å². The predicted molar refractivity (Wildman–Crippen MR) is 70.4 cm³/mol. The minimum absolute atomic E-state index is 0.356. The molecule has 0 aromatic carbocycles. The van der Waals surface area contributed by atoms with E-state index in [4.69, 9.17) is 11.6 Å². The molecule has 0 aliphatic heterocycles. The number of anilines is 1. The van der Waals surface area contributed by atoms with Gasteiger partial charge in [0.05, 0.1) is 0 Å². The van der Waals surface area contributed by atoms with Crippen molar-refractivity contribution in [1.29, 1.82) is 0 Å². The van der Waals surface area contributed by atoms with E-state index in [1.54, 1.807) is 12.4 Å². The van der Waals surface area contributed by atoms with Crippen molar-refractivity contribution in [2.24, 2.45) is 0 Å². The third-order valence-electron chi connectivity index (χ3n) is 2.63. The molecule has 2 heterocycles. The van der Waals surface area contributed by atoms with Gasteiger partial charge in [-0.05, 0) is 25.0 Å². The number of nitrogens with one attached hydrogen (secondary N) is 1. The fraction of sp³-hybridized carbons (Fsp3) is 0.417. The molecule has 4 nitrogen and oxygen atoms in total. The molecule has 2 aromatic rings. The molecule has 0 saturated carbocycles.